The molecule has 26 heavy (non-hydrogen) atoms. The molecular weight excluding hydrogens is 338 g/mol. The van der Waals surface area contributed by atoms with E-state index in [2.05, 4.69) is 10.5 Å². The number of ether oxygens (including phenoxy) is 2. The zero-order chi connectivity index (χ0) is 19.3. The van der Waals surface area contributed by atoms with Gasteiger partial charge in [-0.2, -0.15) is 5.10 Å². The number of nitrogens with one attached hydrogen (secondary N) is 1. The molecule has 0 fully saturated rings. The summed E-state index contributed by atoms with van der Waals surface area (Å²) in [5, 5.41) is 14.9. The lowest BCUT2D eigenvalue weighted by molar-refractivity contribution is -0.385. The monoisotopic (exact) mass is 357 g/mol. The number of hydrogen-bond acceptors (Lipinski definition) is 6. The number of carbonyl (C=O) groups is 1. The Kier molecular flexibility index (Phi) is 5.90. The van der Waals surface area contributed by atoms with E-state index in [4.69, 9.17) is 9.47 Å². The molecular formula is C18H19N3O5. The van der Waals surface area contributed by atoms with E-state index >= 15 is 0 Å². The number of nitrogens with zero attached hydrogens (tertiary/aromatic N) is 2. The first kappa shape index (κ1) is 18.9. The summed E-state index contributed by atoms with van der Waals surface area (Å²) >= 11 is 0. The van der Waals surface area contributed by atoms with Crippen LogP contribution in [0.1, 0.15) is 28.4 Å². The van der Waals surface area contributed by atoms with Crippen molar-refractivity contribution in [2.45, 2.75) is 13.8 Å². The van der Waals surface area contributed by atoms with Crippen LogP contribution in [-0.2, 0) is 0 Å². The molecule has 0 unspecified atom stereocenters. The van der Waals surface area contributed by atoms with Gasteiger partial charge in [0.25, 0.3) is 11.6 Å². The highest BCUT2D eigenvalue weighted by Crippen LogP contribution is 2.27. The van der Waals surface area contributed by atoms with Gasteiger partial charge in [-0.1, -0.05) is 0 Å². The minimum absolute atomic E-state index is 0.0356. The number of aryl methyl sites for hydroxylation is 1. The summed E-state index contributed by atoms with van der Waals surface area (Å²) in [6, 6.07) is 9.43. The first-order valence-electron chi connectivity index (χ1n) is 7.69. The van der Waals surface area contributed by atoms with E-state index in [1.807, 2.05) is 0 Å². The van der Waals surface area contributed by atoms with Crippen molar-refractivity contribution in [2.24, 2.45) is 5.10 Å². The van der Waals surface area contributed by atoms with Crippen molar-refractivity contribution in [3.05, 3.63) is 63.2 Å². The first-order valence-corrected chi connectivity index (χ1v) is 7.69. The van der Waals surface area contributed by atoms with Gasteiger partial charge < -0.3 is 9.47 Å². The predicted octanol–water partition coefficient (Wildman–Crippen LogP) is 3.07. The molecule has 0 atom stereocenters. The Bertz CT molecular complexity index is 877. The highest BCUT2D eigenvalue weighted by molar-refractivity contribution is 6.01. The normalized spacial score (nSPS) is 11.0. The molecule has 2 aromatic carbocycles. The van der Waals surface area contributed by atoms with E-state index < -0.39 is 10.8 Å². The fourth-order valence-corrected chi connectivity index (χ4v) is 2.33. The van der Waals surface area contributed by atoms with E-state index in [0.717, 1.165) is 5.56 Å². The minimum Gasteiger partial charge on any atom is -0.493 e. The highest BCUT2D eigenvalue weighted by Gasteiger charge is 2.14. The van der Waals surface area contributed by atoms with Crippen molar-refractivity contribution in [1.29, 1.82) is 0 Å². The molecule has 8 nitrogen and oxygen atoms in total. The Balaban J connectivity index is 2.17. The SMILES string of the molecule is COc1ccc(C(C)=NNC(=O)c2ccc([N+](=O)[O-])c(C)c2)cc1OC. The standard InChI is InChI=1S/C18H19N3O5/c1-11-9-14(5-7-15(11)21(23)24)18(22)20-19-12(2)13-6-8-16(25-3)17(10-13)26-4/h5-10H,1-4H3,(H,20,22). The molecule has 8 heteroatoms. The lowest BCUT2D eigenvalue weighted by Gasteiger charge is -2.09. The van der Waals surface area contributed by atoms with Crippen LogP contribution in [0, 0.1) is 17.0 Å². The van der Waals surface area contributed by atoms with Gasteiger partial charge in [-0.15, -0.1) is 0 Å². The summed E-state index contributed by atoms with van der Waals surface area (Å²) in [5.41, 5.74) is 4.43. The number of benzene rings is 2. The number of hydrogen-bond donors (Lipinski definition) is 1. The van der Waals surface area contributed by atoms with Gasteiger partial charge in [-0.05, 0) is 44.2 Å². The van der Waals surface area contributed by atoms with Gasteiger partial charge in [0.15, 0.2) is 11.5 Å². The second-order valence-corrected chi connectivity index (χ2v) is 5.47. The maximum absolute atomic E-state index is 12.2. The average Bonchev–Trinajstić information content (AvgIpc) is 2.64. The van der Waals surface area contributed by atoms with Crippen molar-refractivity contribution < 1.29 is 19.2 Å². The quantitative estimate of drug-likeness (QED) is 0.486. The Morgan fingerprint density at radius 2 is 1.73 bits per heavy atom. The summed E-state index contributed by atoms with van der Waals surface area (Å²) in [6.45, 7) is 3.32. The molecule has 1 amide bonds. The Labute approximate surface area is 150 Å². The van der Waals surface area contributed by atoms with Gasteiger partial charge in [0.1, 0.15) is 0 Å². The van der Waals surface area contributed by atoms with Crippen molar-refractivity contribution in [3.63, 3.8) is 0 Å². The van der Waals surface area contributed by atoms with Crippen molar-refractivity contribution >= 4 is 17.3 Å². The largest absolute Gasteiger partial charge is 0.493 e. The van der Waals surface area contributed by atoms with E-state index in [1.165, 1.54) is 25.3 Å². The predicted molar refractivity (Wildman–Crippen MR) is 97.1 cm³/mol. The molecule has 0 bridgehead atoms. The number of amides is 1. The number of hydrazone groups is 1. The van der Waals surface area contributed by atoms with E-state index in [9.17, 15) is 14.9 Å². The summed E-state index contributed by atoms with van der Waals surface area (Å²) in [7, 11) is 3.08. The van der Waals surface area contributed by atoms with Crippen LogP contribution in [0.15, 0.2) is 41.5 Å². The van der Waals surface area contributed by atoms with Crippen LogP contribution in [0.3, 0.4) is 0 Å². The average molecular weight is 357 g/mol. The smallest absolute Gasteiger partial charge is 0.272 e. The molecule has 0 spiro atoms. The van der Waals surface area contributed by atoms with Gasteiger partial charge >= 0.3 is 0 Å². The molecule has 0 aliphatic heterocycles. The van der Waals surface area contributed by atoms with Gasteiger partial charge in [0, 0.05) is 22.8 Å². The van der Waals surface area contributed by atoms with Crippen LogP contribution in [0.25, 0.3) is 0 Å². The van der Waals surface area contributed by atoms with Crippen LogP contribution in [-0.4, -0.2) is 30.8 Å². The van der Waals surface area contributed by atoms with Gasteiger partial charge in [-0.25, -0.2) is 5.43 Å². The third-order valence-electron chi connectivity index (χ3n) is 3.78. The molecule has 1 N–H and O–H groups in total. The van der Waals surface area contributed by atoms with Crippen molar-refractivity contribution in [2.75, 3.05) is 14.2 Å². The molecule has 2 aromatic rings. The highest BCUT2D eigenvalue weighted by atomic mass is 16.6. The lowest BCUT2D eigenvalue weighted by atomic mass is 10.1. The number of carbonyl (C=O) groups excluding carboxylic acids is 1. The number of rotatable bonds is 6. The number of nitro benzene ring substituents is 1. The van der Waals surface area contributed by atoms with Crippen molar-refractivity contribution in [3.8, 4) is 11.5 Å². The molecule has 2 rings (SSSR count). The Morgan fingerprint density at radius 1 is 1.08 bits per heavy atom. The fourth-order valence-electron chi connectivity index (χ4n) is 2.33. The molecule has 0 aliphatic rings. The number of methoxy groups -OCH3 is 2. The Morgan fingerprint density at radius 3 is 2.31 bits per heavy atom. The first-order chi connectivity index (χ1) is 12.4. The zero-order valence-electron chi connectivity index (χ0n) is 14.9. The van der Waals surface area contributed by atoms with Gasteiger partial charge in [0.05, 0.1) is 24.9 Å². The molecule has 0 heterocycles. The van der Waals surface area contributed by atoms with Crippen LogP contribution < -0.4 is 14.9 Å². The van der Waals surface area contributed by atoms with Crippen LogP contribution >= 0.6 is 0 Å². The molecule has 0 aliphatic carbocycles. The summed E-state index contributed by atoms with van der Waals surface area (Å²) in [6.07, 6.45) is 0. The third kappa shape index (κ3) is 4.15. The molecule has 0 saturated carbocycles. The maximum Gasteiger partial charge on any atom is 0.272 e. The molecule has 0 aromatic heterocycles. The van der Waals surface area contributed by atoms with Gasteiger partial charge in [0.2, 0.25) is 0 Å². The molecule has 0 saturated heterocycles. The summed E-state index contributed by atoms with van der Waals surface area (Å²) in [5.74, 6) is 0.689. The van der Waals surface area contributed by atoms with E-state index in [1.54, 1.807) is 39.2 Å². The topological polar surface area (TPSA) is 103 Å². The molecule has 0 radical (unpaired) electrons. The lowest BCUT2D eigenvalue weighted by Crippen LogP contribution is -2.19. The third-order valence-corrected chi connectivity index (χ3v) is 3.78. The zero-order valence-corrected chi connectivity index (χ0v) is 14.9. The van der Waals surface area contributed by atoms with Crippen LogP contribution in [0.4, 0.5) is 5.69 Å². The van der Waals surface area contributed by atoms with E-state index in [-0.39, 0.29) is 11.3 Å². The van der Waals surface area contributed by atoms with Crippen molar-refractivity contribution in [1.82, 2.24) is 5.43 Å². The minimum atomic E-state index is -0.490. The molecule has 136 valence electrons. The fraction of sp³-hybridized carbons (Fsp3) is 0.222. The maximum atomic E-state index is 12.2. The summed E-state index contributed by atoms with van der Waals surface area (Å²) < 4.78 is 10.4. The Hall–Kier alpha value is -3.42. The summed E-state index contributed by atoms with van der Waals surface area (Å²) in [4.78, 5) is 22.6. The van der Waals surface area contributed by atoms with Crippen LogP contribution in [0.2, 0.25) is 0 Å². The van der Waals surface area contributed by atoms with Crippen LogP contribution in [0.5, 0.6) is 11.5 Å². The second-order valence-electron chi connectivity index (χ2n) is 5.47. The van der Waals surface area contributed by atoms with E-state index in [0.29, 0.717) is 22.8 Å². The van der Waals surface area contributed by atoms with Gasteiger partial charge in [-0.3, -0.25) is 14.9 Å². The second kappa shape index (κ2) is 8.11. The number of nitro groups is 1.